The molecule has 0 fully saturated rings. The molecule has 0 saturated carbocycles. The molecule has 0 aromatic carbocycles. The van der Waals surface area contributed by atoms with Crippen molar-refractivity contribution in [3.05, 3.63) is 0 Å². The number of nitrogens with zero attached hydrogens (tertiary/aromatic N) is 8. The average molecular weight is 599 g/mol. The third-order valence-electron chi connectivity index (χ3n) is 7.86. The van der Waals surface area contributed by atoms with E-state index in [0.29, 0.717) is 19.6 Å². The Morgan fingerprint density at radius 1 is 0.405 bits per heavy atom. The SMILES string of the molecule is CC(C)C(=O)CN(C)CCN(C)CCN(C)CCN(C)C(=O)CN(C)CCN(C)CCN(C)CCN(C)C(=O)C(C)C. The third kappa shape index (κ3) is 19.5. The van der Waals surface area contributed by atoms with Crippen molar-refractivity contribution in [2.24, 2.45) is 11.8 Å². The van der Waals surface area contributed by atoms with Gasteiger partial charge < -0.3 is 29.4 Å². The van der Waals surface area contributed by atoms with Gasteiger partial charge in [0, 0.05) is 104 Å². The Morgan fingerprint density at radius 2 is 0.714 bits per heavy atom. The molecule has 0 saturated heterocycles. The van der Waals surface area contributed by atoms with Crippen molar-refractivity contribution in [2.75, 3.05) is 148 Å². The van der Waals surface area contributed by atoms with Gasteiger partial charge in [0.05, 0.1) is 13.1 Å². The zero-order valence-corrected chi connectivity index (χ0v) is 29.4. The maximum atomic E-state index is 12.8. The van der Waals surface area contributed by atoms with Gasteiger partial charge in [-0.1, -0.05) is 27.7 Å². The van der Waals surface area contributed by atoms with E-state index >= 15 is 0 Å². The number of carbonyl (C=O) groups is 3. The van der Waals surface area contributed by atoms with E-state index in [1.807, 2.05) is 65.7 Å². The molecule has 0 N–H and O–H groups in total. The van der Waals surface area contributed by atoms with Gasteiger partial charge in [0.1, 0.15) is 5.78 Å². The second kappa shape index (κ2) is 22.0. The standard InChI is InChI=1S/C31H66N8O3/c1-27(2)29(40)25-36(9)19-17-32(5)13-15-34(7)21-23-38(11)30(41)26-37(10)20-18-33(6)14-16-35(8)22-24-39(12)31(42)28(3)4/h27-28H,13-26H2,1-12H3. The van der Waals surface area contributed by atoms with E-state index in [9.17, 15) is 14.4 Å². The molecule has 0 aliphatic heterocycles. The minimum Gasteiger partial charge on any atom is -0.344 e. The molecule has 248 valence electrons. The van der Waals surface area contributed by atoms with Crippen molar-refractivity contribution in [3.8, 4) is 0 Å². The zero-order chi connectivity index (χ0) is 32.4. The molecule has 0 atom stereocenters. The Bertz CT molecular complexity index is 766. The van der Waals surface area contributed by atoms with Crippen molar-refractivity contribution in [3.63, 3.8) is 0 Å². The Balaban J connectivity index is 4.12. The van der Waals surface area contributed by atoms with Gasteiger partial charge in [-0.2, -0.15) is 0 Å². The largest absolute Gasteiger partial charge is 0.344 e. The first kappa shape index (κ1) is 40.4. The predicted molar refractivity (Wildman–Crippen MR) is 175 cm³/mol. The van der Waals surface area contributed by atoms with Crippen molar-refractivity contribution in [2.45, 2.75) is 27.7 Å². The normalized spacial score (nSPS) is 12.3. The van der Waals surface area contributed by atoms with Gasteiger partial charge in [-0.05, 0) is 42.3 Å². The summed E-state index contributed by atoms with van der Waals surface area (Å²) in [4.78, 5) is 53.6. The summed E-state index contributed by atoms with van der Waals surface area (Å²) in [5.74, 6) is 0.734. The lowest BCUT2D eigenvalue weighted by Crippen LogP contribution is -2.43. The predicted octanol–water partition coefficient (Wildman–Crippen LogP) is 0.375. The van der Waals surface area contributed by atoms with Crippen molar-refractivity contribution in [1.29, 1.82) is 0 Å². The number of rotatable bonds is 24. The highest BCUT2D eigenvalue weighted by Gasteiger charge is 2.15. The van der Waals surface area contributed by atoms with Crippen LogP contribution in [0.25, 0.3) is 0 Å². The van der Waals surface area contributed by atoms with Gasteiger partial charge in [0.2, 0.25) is 11.8 Å². The molecular weight excluding hydrogens is 532 g/mol. The third-order valence-corrected chi connectivity index (χ3v) is 7.86. The molecule has 0 bridgehead atoms. The van der Waals surface area contributed by atoms with E-state index in [4.69, 9.17) is 0 Å². The molecule has 0 unspecified atom stereocenters. The summed E-state index contributed by atoms with van der Waals surface area (Å²) in [7, 11) is 16.2. The first-order valence-corrected chi connectivity index (χ1v) is 15.7. The molecule has 0 heterocycles. The second-order valence-electron chi connectivity index (χ2n) is 13.0. The van der Waals surface area contributed by atoms with Crippen LogP contribution in [0.2, 0.25) is 0 Å². The molecule has 42 heavy (non-hydrogen) atoms. The maximum Gasteiger partial charge on any atom is 0.236 e. The van der Waals surface area contributed by atoms with E-state index in [1.54, 1.807) is 0 Å². The number of likely N-dealkylation sites (N-methyl/N-ethyl adjacent to an activating group) is 8. The number of ketones is 1. The van der Waals surface area contributed by atoms with Crippen LogP contribution < -0.4 is 0 Å². The van der Waals surface area contributed by atoms with E-state index in [1.165, 1.54) is 0 Å². The quantitative estimate of drug-likeness (QED) is 0.157. The van der Waals surface area contributed by atoms with E-state index < -0.39 is 0 Å². The van der Waals surface area contributed by atoms with Gasteiger partial charge in [-0.25, -0.2) is 0 Å². The Kier molecular flexibility index (Phi) is 21.1. The monoisotopic (exact) mass is 599 g/mol. The second-order valence-corrected chi connectivity index (χ2v) is 13.0. The van der Waals surface area contributed by atoms with Gasteiger partial charge in [0.15, 0.2) is 0 Å². The lowest BCUT2D eigenvalue weighted by atomic mass is 10.1. The molecule has 0 radical (unpaired) electrons. The lowest BCUT2D eigenvalue weighted by molar-refractivity contribution is -0.133. The molecule has 0 aliphatic rings. The van der Waals surface area contributed by atoms with Crippen LogP contribution in [0.5, 0.6) is 0 Å². The fourth-order valence-corrected chi connectivity index (χ4v) is 4.09. The van der Waals surface area contributed by atoms with Crippen LogP contribution in [0.3, 0.4) is 0 Å². The fourth-order valence-electron chi connectivity index (χ4n) is 4.09. The van der Waals surface area contributed by atoms with Crippen LogP contribution in [-0.4, -0.2) is 205 Å². The summed E-state index contributed by atoms with van der Waals surface area (Å²) in [5, 5.41) is 0. The van der Waals surface area contributed by atoms with Crippen LogP contribution in [0.15, 0.2) is 0 Å². The summed E-state index contributed by atoms with van der Waals surface area (Å²) in [5.41, 5.74) is 0. The van der Waals surface area contributed by atoms with Crippen molar-refractivity contribution >= 4 is 17.6 Å². The van der Waals surface area contributed by atoms with Crippen LogP contribution in [0.4, 0.5) is 0 Å². The Labute approximate surface area is 258 Å². The number of hydrogen-bond donors (Lipinski definition) is 0. The molecule has 11 heteroatoms. The summed E-state index contributed by atoms with van der Waals surface area (Å²) in [6.45, 7) is 19.1. The zero-order valence-electron chi connectivity index (χ0n) is 29.4. The number of amides is 2. The number of carbonyl (C=O) groups excluding carboxylic acids is 3. The van der Waals surface area contributed by atoms with Crippen LogP contribution in [-0.2, 0) is 14.4 Å². The average Bonchev–Trinajstić information content (AvgIpc) is 2.93. The Morgan fingerprint density at radius 3 is 1.07 bits per heavy atom. The summed E-state index contributed by atoms with van der Waals surface area (Å²) in [6.07, 6.45) is 0. The molecular formula is C31H66N8O3. The van der Waals surface area contributed by atoms with Crippen molar-refractivity contribution < 1.29 is 14.4 Å². The molecule has 0 aromatic heterocycles. The minimum atomic E-state index is 0.0341. The number of Topliss-reactive ketones (excluding diaryl/α,β-unsaturated/α-hetero) is 1. The summed E-state index contributed by atoms with van der Waals surface area (Å²) >= 11 is 0. The van der Waals surface area contributed by atoms with Crippen molar-refractivity contribution in [1.82, 2.24) is 39.2 Å². The van der Waals surface area contributed by atoms with E-state index in [-0.39, 0.29) is 29.4 Å². The lowest BCUT2D eigenvalue weighted by Gasteiger charge is -2.27. The molecule has 0 rings (SSSR count). The molecule has 2 amide bonds. The molecule has 0 spiro atoms. The van der Waals surface area contributed by atoms with Crippen LogP contribution in [0.1, 0.15) is 27.7 Å². The Hall–Kier alpha value is -1.63. The van der Waals surface area contributed by atoms with Gasteiger partial charge in [0.25, 0.3) is 0 Å². The van der Waals surface area contributed by atoms with Gasteiger partial charge in [-0.3, -0.25) is 24.2 Å². The highest BCUT2D eigenvalue weighted by molar-refractivity contribution is 5.82. The first-order valence-electron chi connectivity index (χ1n) is 15.7. The maximum absolute atomic E-state index is 12.8. The van der Waals surface area contributed by atoms with Crippen LogP contribution in [0, 0.1) is 11.8 Å². The topological polar surface area (TPSA) is 77.1 Å². The highest BCUT2D eigenvalue weighted by Crippen LogP contribution is 2.00. The van der Waals surface area contributed by atoms with E-state index in [0.717, 1.165) is 72.0 Å². The van der Waals surface area contributed by atoms with Gasteiger partial charge >= 0.3 is 0 Å². The van der Waals surface area contributed by atoms with Gasteiger partial charge in [-0.15, -0.1) is 0 Å². The number of hydrogen-bond acceptors (Lipinski definition) is 9. The van der Waals surface area contributed by atoms with Crippen LogP contribution >= 0.6 is 0 Å². The minimum absolute atomic E-state index is 0.0341. The summed E-state index contributed by atoms with van der Waals surface area (Å²) in [6, 6.07) is 0. The molecule has 11 nitrogen and oxygen atoms in total. The van der Waals surface area contributed by atoms with E-state index in [2.05, 4.69) is 57.6 Å². The smallest absolute Gasteiger partial charge is 0.236 e. The highest BCUT2D eigenvalue weighted by atomic mass is 16.2. The first-order chi connectivity index (χ1) is 19.5. The fraction of sp³-hybridized carbons (Fsp3) is 0.903. The summed E-state index contributed by atoms with van der Waals surface area (Å²) < 4.78 is 0. The molecule has 0 aliphatic carbocycles. The molecule has 0 aromatic rings.